The molecule has 0 spiro atoms. The Morgan fingerprint density at radius 1 is 1.05 bits per heavy atom. The van der Waals surface area contributed by atoms with Crippen molar-refractivity contribution in [1.29, 1.82) is 0 Å². The highest BCUT2D eigenvalue weighted by Crippen LogP contribution is 2.22. The Balaban J connectivity index is 2.19. The van der Waals surface area contributed by atoms with Crippen LogP contribution in [-0.4, -0.2) is 6.54 Å². The molecule has 0 radical (unpaired) electrons. The van der Waals surface area contributed by atoms with Crippen molar-refractivity contribution >= 4 is 17.3 Å². The number of anilines is 1. The quantitative estimate of drug-likeness (QED) is 0.882. The van der Waals surface area contributed by atoms with Crippen LogP contribution in [0.4, 0.5) is 5.69 Å². The van der Waals surface area contributed by atoms with Crippen LogP contribution in [0.1, 0.15) is 22.7 Å². The van der Waals surface area contributed by atoms with Crippen LogP contribution in [0.15, 0.2) is 42.5 Å². The van der Waals surface area contributed by atoms with Gasteiger partial charge in [0.2, 0.25) is 0 Å². The summed E-state index contributed by atoms with van der Waals surface area (Å²) in [5.74, 6) is 0. The van der Waals surface area contributed by atoms with Gasteiger partial charge in [0.25, 0.3) is 0 Å². The summed E-state index contributed by atoms with van der Waals surface area (Å²) in [5, 5.41) is 4.17. The van der Waals surface area contributed by atoms with Crippen molar-refractivity contribution < 1.29 is 0 Å². The van der Waals surface area contributed by atoms with Gasteiger partial charge in [-0.1, -0.05) is 29.8 Å². The molecule has 0 aliphatic rings. The number of hydrogen-bond acceptors (Lipinski definition) is 2. The number of benzene rings is 2. The predicted octanol–water partition coefficient (Wildman–Crippen LogP) is 4.07. The average Bonchev–Trinajstić information content (AvgIpc) is 2.41. The molecule has 100 valence electrons. The number of nitrogens with two attached hydrogens (primary N) is 1. The number of aryl methyl sites for hydroxylation is 2. The molecule has 1 unspecified atom stereocenters. The fourth-order valence-corrected chi connectivity index (χ4v) is 2.13. The number of hydrogen-bond donors (Lipinski definition) is 2. The molecule has 2 aromatic rings. The van der Waals surface area contributed by atoms with Gasteiger partial charge >= 0.3 is 0 Å². The topological polar surface area (TPSA) is 38.0 Å². The third-order valence-electron chi connectivity index (χ3n) is 3.35. The Kier molecular flexibility index (Phi) is 4.46. The lowest BCUT2D eigenvalue weighted by molar-refractivity contribution is 0.788. The van der Waals surface area contributed by atoms with Gasteiger partial charge in [-0.25, -0.2) is 0 Å². The summed E-state index contributed by atoms with van der Waals surface area (Å²) in [6.45, 7) is 4.78. The minimum atomic E-state index is 0.112. The maximum atomic E-state index is 5.88. The Hall–Kier alpha value is -1.51. The molecule has 1 atom stereocenters. The molecule has 0 fully saturated rings. The van der Waals surface area contributed by atoms with Gasteiger partial charge in [0.15, 0.2) is 0 Å². The molecule has 0 amide bonds. The molecule has 0 heterocycles. The Bertz CT molecular complexity index is 549. The Morgan fingerprint density at radius 2 is 1.74 bits per heavy atom. The van der Waals surface area contributed by atoms with E-state index < -0.39 is 0 Å². The molecule has 2 aromatic carbocycles. The minimum Gasteiger partial charge on any atom is -0.377 e. The van der Waals surface area contributed by atoms with Crippen LogP contribution in [0.25, 0.3) is 0 Å². The van der Waals surface area contributed by atoms with Crippen molar-refractivity contribution in [3.05, 3.63) is 64.2 Å². The first-order valence-electron chi connectivity index (χ1n) is 6.39. The van der Waals surface area contributed by atoms with E-state index in [0.29, 0.717) is 6.54 Å². The first-order chi connectivity index (χ1) is 9.10. The lowest BCUT2D eigenvalue weighted by Gasteiger charge is -2.19. The van der Waals surface area contributed by atoms with Crippen LogP contribution >= 0.6 is 11.6 Å². The number of rotatable bonds is 4. The molecule has 2 rings (SSSR count). The van der Waals surface area contributed by atoms with E-state index in [1.165, 1.54) is 16.7 Å². The lowest BCUT2D eigenvalue weighted by atomic mass is 10.0. The van der Waals surface area contributed by atoms with Crippen molar-refractivity contribution in [3.63, 3.8) is 0 Å². The molecule has 2 nitrogen and oxygen atoms in total. The number of halogens is 1. The van der Waals surface area contributed by atoms with E-state index in [2.05, 4.69) is 37.4 Å². The van der Waals surface area contributed by atoms with Crippen LogP contribution < -0.4 is 11.1 Å². The molecule has 0 saturated heterocycles. The Morgan fingerprint density at radius 3 is 2.32 bits per heavy atom. The molecule has 0 saturated carbocycles. The summed E-state index contributed by atoms with van der Waals surface area (Å²) in [4.78, 5) is 0. The SMILES string of the molecule is Cc1ccc(C(CN)Nc2ccc(Cl)cc2)cc1C. The van der Waals surface area contributed by atoms with Crippen LogP contribution in [0.2, 0.25) is 5.02 Å². The molecule has 0 aliphatic carbocycles. The average molecular weight is 275 g/mol. The first-order valence-corrected chi connectivity index (χ1v) is 6.77. The van der Waals surface area contributed by atoms with Crippen LogP contribution in [0.3, 0.4) is 0 Å². The van der Waals surface area contributed by atoms with E-state index >= 15 is 0 Å². The van der Waals surface area contributed by atoms with Gasteiger partial charge < -0.3 is 11.1 Å². The van der Waals surface area contributed by atoms with Gasteiger partial charge in [0.1, 0.15) is 0 Å². The normalized spacial score (nSPS) is 12.2. The molecule has 3 N–H and O–H groups in total. The van der Waals surface area contributed by atoms with Gasteiger partial charge in [-0.05, 0) is 54.8 Å². The molecule has 0 bridgehead atoms. The largest absolute Gasteiger partial charge is 0.377 e. The van der Waals surface area contributed by atoms with Crippen molar-refractivity contribution in [3.8, 4) is 0 Å². The summed E-state index contributed by atoms with van der Waals surface area (Å²) in [6, 6.07) is 14.2. The third kappa shape index (κ3) is 3.49. The predicted molar refractivity (Wildman–Crippen MR) is 82.8 cm³/mol. The van der Waals surface area contributed by atoms with Crippen LogP contribution in [-0.2, 0) is 0 Å². The molecule has 19 heavy (non-hydrogen) atoms. The fraction of sp³-hybridized carbons (Fsp3) is 0.250. The van der Waals surface area contributed by atoms with E-state index in [4.69, 9.17) is 17.3 Å². The lowest BCUT2D eigenvalue weighted by Crippen LogP contribution is -2.20. The van der Waals surface area contributed by atoms with Gasteiger partial charge in [-0.15, -0.1) is 0 Å². The number of nitrogens with one attached hydrogen (secondary N) is 1. The second-order valence-electron chi connectivity index (χ2n) is 4.78. The van der Waals surface area contributed by atoms with Crippen molar-refractivity contribution in [2.75, 3.05) is 11.9 Å². The standard InChI is InChI=1S/C16H19ClN2/c1-11-3-4-13(9-12(11)2)16(10-18)19-15-7-5-14(17)6-8-15/h3-9,16,19H,10,18H2,1-2H3. The molecular formula is C16H19ClN2. The van der Waals surface area contributed by atoms with E-state index in [9.17, 15) is 0 Å². The Labute approximate surface area is 119 Å². The molecule has 3 heteroatoms. The van der Waals surface area contributed by atoms with Gasteiger partial charge in [-0.2, -0.15) is 0 Å². The van der Waals surface area contributed by atoms with Crippen molar-refractivity contribution in [1.82, 2.24) is 0 Å². The van der Waals surface area contributed by atoms with Gasteiger partial charge in [0.05, 0.1) is 6.04 Å². The highest BCUT2D eigenvalue weighted by atomic mass is 35.5. The van der Waals surface area contributed by atoms with E-state index in [1.54, 1.807) is 0 Å². The zero-order valence-electron chi connectivity index (χ0n) is 11.3. The van der Waals surface area contributed by atoms with E-state index in [0.717, 1.165) is 10.7 Å². The summed E-state index contributed by atoms with van der Waals surface area (Å²) in [5.41, 5.74) is 10.7. The monoisotopic (exact) mass is 274 g/mol. The summed E-state index contributed by atoms with van der Waals surface area (Å²) in [7, 11) is 0. The van der Waals surface area contributed by atoms with Crippen LogP contribution in [0.5, 0.6) is 0 Å². The molecule has 0 aromatic heterocycles. The van der Waals surface area contributed by atoms with Crippen LogP contribution in [0, 0.1) is 13.8 Å². The first kappa shape index (κ1) is 13.9. The maximum Gasteiger partial charge on any atom is 0.0636 e. The van der Waals surface area contributed by atoms with E-state index in [-0.39, 0.29) is 6.04 Å². The minimum absolute atomic E-state index is 0.112. The highest BCUT2D eigenvalue weighted by molar-refractivity contribution is 6.30. The third-order valence-corrected chi connectivity index (χ3v) is 3.61. The van der Waals surface area contributed by atoms with Crippen molar-refractivity contribution in [2.24, 2.45) is 5.73 Å². The molecule has 0 aliphatic heterocycles. The fourth-order valence-electron chi connectivity index (χ4n) is 2.01. The van der Waals surface area contributed by atoms with Gasteiger partial charge in [0, 0.05) is 17.3 Å². The second-order valence-corrected chi connectivity index (χ2v) is 5.22. The summed E-state index contributed by atoms with van der Waals surface area (Å²) >= 11 is 5.88. The zero-order valence-corrected chi connectivity index (χ0v) is 12.0. The molecular weight excluding hydrogens is 256 g/mol. The van der Waals surface area contributed by atoms with Gasteiger partial charge in [-0.3, -0.25) is 0 Å². The van der Waals surface area contributed by atoms with Crippen molar-refractivity contribution in [2.45, 2.75) is 19.9 Å². The van der Waals surface area contributed by atoms with E-state index in [1.807, 2.05) is 24.3 Å². The second kappa shape index (κ2) is 6.09. The smallest absolute Gasteiger partial charge is 0.0636 e. The maximum absolute atomic E-state index is 5.88. The highest BCUT2D eigenvalue weighted by Gasteiger charge is 2.10. The zero-order chi connectivity index (χ0) is 13.8. The summed E-state index contributed by atoms with van der Waals surface area (Å²) < 4.78 is 0. The summed E-state index contributed by atoms with van der Waals surface area (Å²) in [6.07, 6.45) is 0.